The summed E-state index contributed by atoms with van der Waals surface area (Å²) in [5, 5.41) is 17.8. The number of unbranched alkanes of at least 4 members (excludes halogenated alkanes) is 11. The minimum absolute atomic E-state index is 0.0709. The number of rotatable bonds is 18. The Labute approximate surface area is 141 Å². The summed E-state index contributed by atoms with van der Waals surface area (Å²) in [6.45, 7) is 0.882. The minimum Gasteiger partial charge on any atom is -0.394 e. The fraction of sp³-hybridized carbons (Fsp3) is 1.00. The molecular formula is C19H40O3. The number of aliphatic hydroxyl groups excluding tert-OH is 2. The van der Waals surface area contributed by atoms with Crippen LogP contribution in [0.2, 0.25) is 0 Å². The third-order valence-electron chi connectivity index (χ3n) is 3.92. The summed E-state index contributed by atoms with van der Waals surface area (Å²) in [6, 6.07) is 0. The molecular weight excluding hydrogens is 276 g/mol. The molecule has 0 aliphatic heterocycles. The minimum atomic E-state index is -0.948. The van der Waals surface area contributed by atoms with Crippen molar-refractivity contribution in [2.45, 2.75) is 103 Å². The molecule has 3 atom stereocenters. The average Bonchev–Trinajstić information content (AvgIpc) is 2.59. The summed E-state index contributed by atoms with van der Waals surface area (Å²) < 4.78 is 20.6. The molecule has 0 fully saturated rings. The molecule has 0 saturated heterocycles. The molecule has 0 aromatic rings. The van der Waals surface area contributed by atoms with Crippen molar-refractivity contribution in [2.75, 3.05) is 19.8 Å². The molecule has 22 heavy (non-hydrogen) atoms. The predicted molar refractivity (Wildman–Crippen MR) is 94.2 cm³/mol. The molecule has 0 saturated carbocycles. The number of aliphatic hydroxyl groups is 2. The lowest BCUT2D eigenvalue weighted by Gasteiger charge is -2.08. The van der Waals surface area contributed by atoms with Gasteiger partial charge in [0.25, 0.3) is 0 Å². The van der Waals surface area contributed by atoms with Gasteiger partial charge in [-0.15, -0.1) is 0 Å². The zero-order chi connectivity index (χ0) is 18.0. The van der Waals surface area contributed by atoms with Gasteiger partial charge < -0.3 is 14.9 Å². The van der Waals surface area contributed by atoms with E-state index < -0.39 is 19.1 Å². The first-order valence-electron chi connectivity index (χ1n) is 10.5. The summed E-state index contributed by atoms with van der Waals surface area (Å²) >= 11 is 0. The highest BCUT2D eigenvalue weighted by Gasteiger charge is 2.00. The van der Waals surface area contributed by atoms with Gasteiger partial charge in [-0.2, -0.15) is 0 Å². The molecule has 0 aliphatic carbocycles. The van der Waals surface area contributed by atoms with Crippen molar-refractivity contribution in [3.05, 3.63) is 0 Å². The Hall–Kier alpha value is -0.120. The van der Waals surface area contributed by atoms with E-state index in [9.17, 15) is 0 Å². The van der Waals surface area contributed by atoms with E-state index in [-0.39, 0.29) is 13.2 Å². The molecule has 3 nitrogen and oxygen atoms in total. The van der Waals surface area contributed by atoms with E-state index in [1.54, 1.807) is 0 Å². The molecule has 0 amide bonds. The van der Waals surface area contributed by atoms with E-state index in [0.717, 1.165) is 12.8 Å². The van der Waals surface area contributed by atoms with Gasteiger partial charge in [0.05, 0.1) is 14.6 Å². The van der Waals surface area contributed by atoms with Crippen molar-refractivity contribution >= 4 is 0 Å². The van der Waals surface area contributed by atoms with Crippen molar-refractivity contribution in [1.82, 2.24) is 0 Å². The van der Waals surface area contributed by atoms with Gasteiger partial charge >= 0.3 is 0 Å². The summed E-state index contributed by atoms with van der Waals surface area (Å²) in [5.41, 5.74) is 0. The SMILES string of the molecule is [3H]C(CCCCCCCCCCCCCC)C([3H])OC[C@@H](O)CO. The van der Waals surface area contributed by atoms with E-state index in [4.69, 9.17) is 17.7 Å². The molecule has 3 heteroatoms. The highest BCUT2D eigenvalue weighted by atomic mass is 16.5. The van der Waals surface area contributed by atoms with E-state index in [1.165, 1.54) is 64.2 Å². The van der Waals surface area contributed by atoms with Gasteiger partial charge in [0.2, 0.25) is 0 Å². The van der Waals surface area contributed by atoms with Crippen LogP contribution in [-0.2, 0) is 4.74 Å². The van der Waals surface area contributed by atoms with Crippen molar-refractivity contribution in [2.24, 2.45) is 0 Å². The van der Waals surface area contributed by atoms with Crippen molar-refractivity contribution in [3.63, 3.8) is 0 Å². The Morgan fingerprint density at radius 1 is 0.818 bits per heavy atom. The fourth-order valence-corrected chi connectivity index (χ4v) is 2.46. The zero-order valence-corrected chi connectivity index (χ0v) is 14.6. The van der Waals surface area contributed by atoms with Crippen molar-refractivity contribution < 1.29 is 17.7 Å². The third kappa shape index (κ3) is 17.9. The summed E-state index contributed by atoms with van der Waals surface area (Å²) in [6.07, 6.45) is 14.6. The van der Waals surface area contributed by atoms with Crippen LogP contribution in [0, 0.1) is 0 Å². The summed E-state index contributed by atoms with van der Waals surface area (Å²) in [5.74, 6) is 0. The second-order valence-electron chi connectivity index (χ2n) is 6.22. The fourth-order valence-electron chi connectivity index (χ4n) is 2.46. The highest BCUT2D eigenvalue weighted by molar-refractivity contribution is 4.51. The molecule has 2 unspecified atom stereocenters. The molecule has 0 aliphatic rings. The van der Waals surface area contributed by atoms with E-state index >= 15 is 0 Å². The Morgan fingerprint density at radius 2 is 1.27 bits per heavy atom. The first kappa shape index (κ1) is 18.2. The topological polar surface area (TPSA) is 49.7 Å². The van der Waals surface area contributed by atoms with Crippen LogP contribution in [0.15, 0.2) is 0 Å². The second-order valence-corrected chi connectivity index (χ2v) is 6.22. The van der Waals surface area contributed by atoms with Gasteiger partial charge in [-0.05, 0) is 6.40 Å². The summed E-state index contributed by atoms with van der Waals surface area (Å²) in [7, 11) is 0. The lowest BCUT2D eigenvalue weighted by atomic mass is 10.0. The Balaban J connectivity index is 3.31. The van der Waals surface area contributed by atoms with Gasteiger partial charge in [-0.3, -0.25) is 0 Å². The van der Waals surface area contributed by atoms with Gasteiger partial charge in [0.15, 0.2) is 0 Å². The van der Waals surface area contributed by atoms with Crippen LogP contribution in [0.25, 0.3) is 0 Å². The molecule has 0 rings (SSSR count). The van der Waals surface area contributed by atoms with Crippen LogP contribution >= 0.6 is 0 Å². The van der Waals surface area contributed by atoms with Crippen LogP contribution in [0.5, 0.6) is 0 Å². The molecule has 0 aromatic carbocycles. The molecule has 0 spiro atoms. The van der Waals surface area contributed by atoms with Crippen LogP contribution in [0.1, 0.15) is 99.5 Å². The van der Waals surface area contributed by atoms with Crippen LogP contribution in [0.4, 0.5) is 0 Å². The van der Waals surface area contributed by atoms with Gasteiger partial charge in [0.1, 0.15) is 6.10 Å². The lowest BCUT2D eigenvalue weighted by molar-refractivity contribution is 0.00526. The lowest BCUT2D eigenvalue weighted by Crippen LogP contribution is -2.19. The van der Waals surface area contributed by atoms with E-state index in [2.05, 4.69) is 6.92 Å². The molecule has 0 radical (unpaired) electrons. The van der Waals surface area contributed by atoms with Crippen LogP contribution in [-0.4, -0.2) is 36.1 Å². The Morgan fingerprint density at radius 3 is 1.73 bits per heavy atom. The molecule has 134 valence electrons. The van der Waals surface area contributed by atoms with Crippen LogP contribution < -0.4 is 0 Å². The first-order valence-corrected chi connectivity index (χ1v) is 9.36. The maximum Gasteiger partial charge on any atom is 0.100 e. The third-order valence-corrected chi connectivity index (χ3v) is 3.92. The quantitative estimate of drug-likeness (QED) is 0.355. The number of hydrogen-bond acceptors (Lipinski definition) is 3. The number of ether oxygens (including phenoxy) is 1. The second kappa shape index (κ2) is 18.9. The molecule has 2 N–H and O–H groups in total. The zero-order valence-electron chi connectivity index (χ0n) is 16.6. The molecule has 0 heterocycles. The Kier molecular flexibility index (Phi) is 15.7. The molecule has 0 aromatic heterocycles. The smallest absolute Gasteiger partial charge is 0.100 e. The van der Waals surface area contributed by atoms with E-state index in [0.29, 0.717) is 6.42 Å². The molecule has 0 bridgehead atoms. The standard InChI is InChI=1S/C19H40O3/c1-2-3-4-5-6-7-8-9-10-11-12-13-14-15-16-22-18-19(21)17-20/h19-21H,2-18H2,1H3/t19-/m0/s1/i15T,16T/t15?,16?,19-. The monoisotopic (exact) mass is 320 g/mol. The van der Waals surface area contributed by atoms with Gasteiger partial charge in [0, 0.05) is 7.95 Å². The van der Waals surface area contributed by atoms with Crippen molar-refractivity contribution in [1.29, 1.82) is 0 Å². The van der Waals surface area contributed by atoms with E-state index in [1.807, 2.05) is 0 Å². The maximum atomic E-state index is 9.16. The van der Waals surface area contributed by atoms with Gasteiger partial charge in [-0.1, -0.05) is 90.4 Å². The highest BCUT2D eigenvalue weighted by Crippen LogP contribution is 2.12. The normalized spacial score (nSPS) is 16.9. The van der Waals surface area contributed by atoms with Crippen molar-refractivity contribution in [3.8, 4) is 0 Å². The van der Waals surface area contributed by atoms with Crippen LogP contribution in [0.3, 0.4) is 0 Å². The van der Waals surface area contributed by atoms with Gasteiger partial charge in [-0.25, -0.2) is 0 Å². The Bertz CT molecular complexity index is 255. The largest absolute Gasteiger partial charge is 0.394 e. The predicted octanol–water partition coefficient (Wildman–Crippen LogP) is 4.84. The first-order chi connectivity index (χ1) is 11.6. The maximum absolute atomic E-state index is 9.16. The average molecular weight is 321 g/mol. The number of hydrogen-bond donors (Lipinski definition) is 2. The summed E-state index contributed by atoms with van der Waals surface area (Å²) in [4.78, 5) is 0.